The minimum atomic E-state index is 0.456. The van der Waals surface area contributed by atoms with Crippen LogP contribution in [0.5, 0.6) is 0 Å². The van der Waals surface area contributed by atoms with Gasteiger partial charge in [-0.1, -0.05) is 0 Å². The molecule has 0 bridgehead atoms. The monoisotopic (exact) mass is 210 g/mol. The summed E-state index contributed by atoms with van der Waals surface area (Å²) < 4.78 is 0. The fraction of sp³-hybridized carbons (Fsp3) is 0.917. The van der Waals surface area contributed by atoms with E-state index in [4.69, 9.17) is 0 Å². The molecule has 0 aromatic rings. The van der Waals surface area contributed by atoms with Crippen LogP contribution in [-0.4, -0.2) is 54.9 Å². The van der Waals surface area contributed by atoms with Crippen molar-refractivity contribution >= 4 is 5.78 Å². The SMILES string of the molecule is CN1CCCC(N2CCC(=O)CC2)CC1. The predicted molar refractivity (Wildman–Crippen MR) is 61.0 cm³/mol. The van der Waals surface area contributed by atoms with Crippen LogP contribution in [0.25, 0.3) is 0 Å². The van der Waals surface area contributed by atoms with Gasteiger partial charge in [-0.05, 0) is 39.4 Å². The molecule has 2 aliphatic heterocycles. The van der Waals surface area contributed by atoms with E-state index in [0.29, 0.717) is 5.78 Å². The molecule has 2 fully saturated rings. The third-order valence-corrected chi connectivity index (χ3v) is 3.79. The molecule has 1 unspecified atom stereocenters. The molecule has 3 nitrogen and oxygen atoms in total. The number of Topliss-reactive ketones (excluding diaryl/α,β-unsaturated/α-hetero) is 1. The highest BCUT2D eigenvalue weighted by atomic mass is 16.1. The first kappa shape index (κ1) is 11.1. The largest absolute Gasteiger partial charge is 0.306 e. The fourth-order valence-corrected chi connectivity index (χ4v) is 2.73. The van der Waals surface area contributed by atoms with Gasteiger partial charge in [-0.2, -0.15) is 0 Å². The highest BCUT2D eigenvalue weighted by molar-refractivity contribution is 5.79. The summed E-state index contributed by atoms with van der Waals surface area (Å²) in [6.45, 7) is 4.47. The van der Waals surface area contributed by atoms with Gasteiger partial charge in [-0.15, -0.1) is 0 Å². The lowest BCUT2D eigenvalue weighted by atomic mass is 10.0. The number of likely N-dealkylation sites (tertiary alicyclic amines) is 2. The summed E-state index contributed by atoms with van der Waals surface area (Å²) in [5.74, 6) is 0.456. The normalized spacial score (nSPS) is 31.5. The summed E-state index contributed by atoms with van der Waals surface area (Å²) in [5, 5.41) is 0. The minimum absolute atomic E-state index is 0.456. The Bertz CT molecular complexity index is 220. The molecule has 15 heavy (non-hydrogen) atoms. The van der Waals surface area contributed by atoms with E-state index in [9.17, 15) is 4.79 Å². The molecule has 0 N–H and O–H groups in total. The molecule has 2 heterocycles. The Balaban J connectivity index is 1.84. The number of piperidine rings is 1. The first-order valence-corrected chi connectivity index (χ1v) is 6.20. The Morgan fingerprint density at radius 2 is 1.80 bits per heavy atom. The molecule has 0 aromatic heterocycles. The zero-order valence-electron chi connectivity index (χ0n) is 9.74. The van der Waals surface area contributed by atoms with Crippen molar-refractivity contribution in [2.75, 3.05) is 33.2 Å². The summed E-state index contributed by atoms with van der Waals surface area (Å²) in [6, 6.07) is 0.739. The van der Waals surface area contributed by atoms with Crippen molar-refractivity contribution in [3.8, 4) is 0 Å². The number of nitrogens with zero attached hydrogens (tertiary/aromatic N) is 2. The molecular formula is C12H22N2O. The summed E-state index contributed by atoms with van der Waals surface area (Å²) in [5.41, 5.74) is 0. The molecule has 0 saturated carbocycles. The third kappa shape index (κ3) is 3.02. The fourth-order valence-electron chi connectivity index (χ4n) is 2.73. The zero-order valence-corrected chi connectivity index (χ0v) is 9.74. The summed E-state index contributed by atoms with van der Waals surface area (Å²) in [6.07, 6.45) is 5.48. The van der Waals surface area contributed by atoms with Crippen molar-refractivity contribution in [3.05, 3.63) is 0 Å². The van der Waals surface area contributed by atoms with Crippen molar-refractivity contribution in [2.45, 2.75) is 38.1 Å². The second-order valence-corrected chi connectivity index (χ2v) is 4.96. The Morgan fingerprint density at radius 1 is 1.07 bits per heavy atom. The van der Waals surface area contributed by atoms with Gasteiger partial charge in [0, 0.05) is 32.0 Å². The Hall–Kier alpha value is -0.410. The molecule has 3 heteroatoms. The van der Waals surface area contributed by atoms with Crippen LogP contribution in [0.15, 0.2) is 0 Å². The van der Waals surface area contributed by atoms with Gasteiger partial charge in [0.25, 0.3) is 0 Å². The first-order valence-electron chi connectivity index (χ1n) is 6.20. The van der Waals surface area contributed by atoms with Crippen LogP contribution in [0.1, 0.15) is 32.1 Å². The highest BCUT2D eigenvalue weighted by Gasteiger charge is 2.24. The third-order valence-electron chi connectivity index (χ3n) is 3.79. The van der Waals surface area contributed by atoms with Gasteiger partial charge >= 0.3 is 0 Å². The molecule has 0 spiro atoms. The lowest BCUT2D eigenvalue weighted by Gasteiger charge is -2.33. The maximum atomic E-state index is 11.2. The molecule has 0 aliphatic carbocycles. The summed E-state index contributed by atoms with van der Waals surface area (Å²) in [4.78, 5) is 16.1. The van der Waals surface area contributed by atoms with Crippen LogP contribution in [0.2, 0.25) is 0 Å². The van der Waals surface area contributed by atoms with E-state index >= 15 is 0 Å². The second kappa shape index (κ2) is 5.08. The van der Waals surface area contributed by atoms with E-state index in [0.717, 1.165) is 32.0 Å². The molecule has 1 atom stereocenters. The molecule has 2 rings (SSSR count). The van der Waals surface area contributed by atoms with Crippen molar-refractivity contribution in [1.82, 2.24) is 9.80 Å². The average molecular weight is 210 g/mol. The van der Waals surface area contributed by atoms with Gasteiger partial charge in [0.2, 0.25) is 0 Å². The average Bonchev–Trinajstić information content (AvgIpc) is 2.44. The van der Waals surface area contributed by atoms with Crippen LogP contribution in [0.4, 0.5) is 0 Å². The van der Waals surface area contributed by atoms with E-state index in [2.05, 4.69) is 16.8 Å². The van der Waals surface area contributed by atoms with Crippen LogP contribution in [0.3, 0.4) is 0 Å². The summed E-state index contributed by atoms with van der Waals surface area (Å²) >= 11 is 0. The predicted octanol–water partition coefficient (Wildman–Crippen LogP) is 1.14. The smallest absolute Gasteiger partial charge is 0.135 e. The Kier molecular flexibility index (Phi) is 3.76. The quantitative estimate of drug-likeness (QED) is 0.648. The standard InChI is InChI=1S/C12H22N2O/c1-13-7-2-3-11(4-8-13)14-9-5-12(15)6-10-14/h11H,2-10H2,1H3. The van der Waals surface area contributed by atoms with Gasteiger partial charge in [0.05, 0.1) is 0 Å². The Labute approximate surface area is 92.4 Å². The van der Waals surface area contributed by atoms with Gasteiger partial charge in [0.15, 0.2) is 0 Å². The van der Waals surface area contributed by atoms with Crippen molar-refractivity contribution in [2.24, 2.45) is 0 Å². The zero-order chi connectivity index (χ0) is 10.7. The lowest BCUT2D eigenvalue weighted by Crippen LogP contribution is -2.42. The van der Waals surface area contributed by atoms with Crippen LogP contribution >= 0.6 is 0 Å². The minimum Gasteiger partial charge on any atom is -0.306 e. The molecule has 0 amide bonds. The molecule has 2 aliphatic rings. The van der Waals surface area contributed by atoms with Crippen LogP contribution in [-0.2, 0) is 4.79 Å². The van der Waals surface area contributed by atoms with E-state index in [1.54, 1.807) is 0 Å². The van der Waals surface area contributed by atoms with Crippen molar-refractivity contribution < 1.29 is 4.79 Å². The summed E-state index contributed by atoms with van der Waals surface area (Å²) in [7, 11) is 2.21. The molecule has 86 valence electrons. The van der Waals surface area contributed by atoms with Crippen molar-refractivity contribution in [3.63, 3.8) is 0 Å². The van der Waals surface area contributed by atoms with E-state index < -0.39 is 0 Å². The number of carbonyl (C=O) groups is 1. The highest BCUT2D eigenvalue weighted by Crippen LogP contribution is 2.19. The molecule has 0 radical (unpaired) electrons. The van der Waals surface area contributed by atoms with Gasteiger partial charge in [-0.25, -0.2) is 0 Å². The topological polar surface area (TPSA) is 23.6 Å². The van der Waals surface area contributed by atoms with E-state index in [1.807, 2.05) is 0 Å². The maximum absolute atomic E-state index is 11.2. The van der Waals surface area contributed by atoms with Crippen LogP contribution < -0.4 is 0 Å². The molecule has 2 saturated heterocycles. The van der Waals surface area contributed by atoms with Crippen LogP contribution in [0, 0.1) is 0 Å². The van der Waals surface area contributed by atoms with Gasteiger partial charge < -0.3 is 4.90 Å². The van der Waals surface area contributed by atoms with Crippen molar-refractivity contribution in [1.29, 1.82) is 0 Å². The number of hydrogen-bond donors (Lipinski definition) is 0. The van der Waals surface area contributed by atoms with E-state index in [-0.39, 0.29) is 0 Å². The number of carbonyl (C=O) groups excluding carboxylic acids is 1. The molecule has 0 aromatic carbocycles. The second-order valence-electron chi connectivity index (χ2n) is 4.96. The van der Waals surface area contributed by atoms with Gasteiger partial charge in [0.1, 0.15) is 5.78 Å². The van der Waals surface area contributed by atoms with Gasteiger partial charge in [-0.3, -0.25) is 9.69 Å². The number of ketones is 1. The molecular weight excluding hydrogens is 188 g/mol. The van der Waals surface area contributed by atoms with E-state index in [1.165, 1.54) is 32.4 Å². The number of rotatable bonds is 1. The maximum Gasteiger partial charge on any atom is 0.135 e. The first-order chi connectivity index (χ1) is 7.25. The lowest BCUT2D eigenvalue weighted by molar-refractivity contribution is -0.122. The Morgan fingerprint density at radius 3 is 2.53 bits per heavy atom. The number of hydrogen-bond acceptors (Lipinski definition) is 3.